The van der Waals surface area contributed by atoms with Crippen LogP contribution >= 0.6 is 34.4 Å². The molecule has 2 rings (SSSR count). The van der Waals surface area contributed by atoms with Gasteiger partial charge in [-0.25, -0.2) is 0 Å². The molecule has 13 heavy (non-hydrogen) atoms. The molecule has 64 valence electrons. The predicted octanol–water partition coefficient (Wildman–Crippen LogP) is 4.05. The van der Waals surface area contributed by atoms with Gasteiger partial charge in [0.1, 0.15) is 5.40 Å². The molecule has 0 spiro atoms. The van der Waals surface area contributed by atoms with Crippen molar-refractivity contribution in [2.75, 3.05) is 0 Å². The molecule has 4 heteroatoms. The molecular formula is C9H5NS3. The van der Waals surface area contributed by atoms with Gasteiger partial charge in [0, 0.05) is 21.5 Å². The molecule has 0 aliphatic heterocycles. The van der Waals surface area contributed by atoms with E-state index in [0.29, 0.717) is 0 Å². The Labute approximate surface area is 88.6 Å². The van der Waals surface area contributed by atoms with Crippen molar-refractivity contribution in [2.24, 2.45) is 0 Å². The summed E-state index contributed by atoms with van der Waals surface area (Å²) in [5.74, 6) is 0. The number of hydrogen-bond donors (Lipinski definition) is 0. The number of thiocyanates is 1. The monoisotopic (exact) mass is 223 g/mol. The fraction of sp³-hybridized carbons (Fsp3) is 0. The zero-order valence-electron chi connectivity index (χ0n) is 6.56. The maximum Gasteiger partial charge on any atom is 0.139 e. The first-order valence-corrected chi connectivity index (χ1v) is 6.11. The van der Waals surface area contributed by atoms with Gasteiger partial charge in [-0.2, -0.15) is 5.26 Å². The van der Waals surface area contributed by atoms with Crippen molar-refractivity contribution in [2.45, 2.75) is 4.21 Å². The summed E-state index contributed by atoms with van der Waals surface area (Å²) in [6.07, 6.45) is 0. The Kier molecular flexibility index (Phi) is 2.69. The number of rotatable bonds is 2. The highest BCUT2D eigenvalue weighted by Crippen LogP contribution is 2.35. The molecule has 0 saturated heterocycles. The van der Waals surface area contributed by atoms with E-state index in [1.807, 2.05) is 12.1 Å². The molecule has 2 heterocycles. The van der Waals surface area contributed by atoms with Crippen LogP contribution in [-0.2, 0) is 0 Å². The smallest absolute Gasteiger partial charge is 0.139 e. The average Bonchev–Trinajstić information content (AvgIpc) is 2.70. The number of thiophene rings is 2. The highest BCUT2D eigenvalue weighted by molar-refractivity contribution is 8.05. The van der Waals surface area contributed by atoms with Gasteiger partial charge >= 0.3 is 0 Å². The maximum atomic E-state index is 8.48. The maximum absolute atomic E-state index is 8.48. The molecule has 0 saturated carbocycles. The molecular weight excluding hydrogens is 218 g/mol. The third-order valence-corrected chi connectivity index (χ3v) is 4.37. The molecule has 1 nitrogen and oxygen atoms in total. The summed E-state index contributed by atoms with van der Waals surface area (Å²) in [5.41, 5.74) is 0. The summed E-state index contributed by atoms with van der Waals surface area (Å²) in [6.45, 7) is 0. The molecule has 0 unspecified atom stereocenters. The zero-order valence-corrected chi connectivity index (χ0v) is 9.01. The number of nitrogens with zero attached hydrogens (tertiary/aromatic N) is 1. The van der Waals surface area contributed by atoms with Crippen LogP contribution in [0.2, 0.25) is 0 Å². The van der Waals surface area contributed by atoms with E-state index in [0.717, 1.165) is 4.21 Å². The Morgan fingerprint density at radius 2 is 2.15 bits per heavy atom. The SMILES string of the molecule is N#CSc1ccc(-c2cccs2)s1. The van der Waals surface area contributed by atoms with Crippen molar-refractivity contribution >= 4 is 34.4 Å². The van der Waals surface area contributed by atoms with Gasteiger partial charge in [0.15, 0.2) is 0 Å². The van der Waals surface area contributed by atoms with Gasteiger partial charge in [0.2, 0.25) is 0 Å². The Morgan fingerprint density at radius 1 is 1.23 bits per heavy atom. The van der Waals surface area contributed by atoms with Crippen molar-refractivity contribution in [1.82, 2.24) is 0 Å². The van der Waals surface area contributed by atoms with Gasteiger partial charge in [-0.05, 0) is 23.6 Å². The highest BCUT2D eigenvalue weighted by Gasteiger charge is 2.03. The number of nitriles is 1. The number of hydrogen-bond acceptors (Lipinski definition) is 4. The van der Waals surface area contributed by atoms with Crippen LogP contribution in [0.5, 0.6) is 0 Å². The van der Waals surface area contributed by atoms with Gasteiger partial charge in [0.05, 0.1) is 4.21 Å². The normalized spacial score (nSPS) is 9.77. The molecule has 0 fully saturated rings. The van der Waals surface area contributed by atoms with E-state index in [1.54, 1.807) is 22.7 Å². The molecule has 0 radical (unpaired) electrons. The second kappa shape index (κ2) is 3.97. The second-order valence-electron chi connectivity index (χ2n) is 2.29. The Morgan fingerprint density at radius 3 is 2.85 bits per heavy atom. The van der Waals surface area contributed by atoms with Crippen molar-refractivity contribution in [3.63, 3.8) is 0 Å². The van der Waals surface area contributed by atoms with E-state index in [2.05, 4.69) is 22.9 Å². The third kappa shape index (κ3) is 1.94. The largest absolute Gasteiger partial charge is 0.185 e. The van der Waals surface area contributed by atoms with Gasteiger partial charge < -0.3 is 0 Å². The van der Waals surface area contributed by atoms with Gasteiger partial charge in [0.25, 0.3) is 0 Å². The fourth-order valence-electron chi connectivity index (χ4n) is 0.971. The highest BCUT2D eigenvalue weighted by atomic mass is 32.2. The van der Waals surface area contributed by atoms with Crippen LogP contribution < -0.4 is 0 Å². The van der Waals surface area contributed by atoms with Crippen LogP contribution in [0, 0.1) is 10.7 Å². The van der Waals surface area contributed by atoms with E-state index in [4.69, 9.17) is 5.26 Å². The standard InChI is InChI=1S/C9H5NS3/c10-6-12-9-4-3-8(13-9)7-2-1-5-11-7/h1-5H. The Hall–Kier alpha value is -0.760. The summed E-state index contributed by atoms with van der Waals surface area (Å²) >= 11 is 4.61. The second-order valence-corrected chi connectivity index (χ2v) is 5.41. The molecule has 0 atom stereocenters. The fourth-order valence-corrected chi connectivity index (χ4v) is 3.32. The topological polar surface area (TPSA) is 23.8 Å². The molecule has 0 aliphatic carbocycles. The van der Waals surface area contributed by atoms with Crippen LogP contribution in [0.3, 0.4) is 0 Å². The first-order chi connectivity index (χ1) is 6.40. The molecule has 2 aromatic heterocycles. The Bertz CT molecular complexity index is 422. The van der Waals surface area contributed by atoms with E-state index < -0.39 is 0 Å². The van der Waals surface area contributed by atoms with E-state index >= 15 is 0 Å². The lowest BCUT2D eigenvalue weighted by atomic mass is 10.4. The summed E-state index contributed by atoms with van der Waals surface area (Å²) in [5, 5.41) is 12.6. The van der Waals surface area contributed by atoms with Gasteiger partial charge in [-0.1, -0.05) is 6.07 Å². The summed E-state index contributed by atoms with van der Waals surface area (Å²) < 4.78 is 1.06. The van der Waals surface area contributed by atoms with Crippen LogP contribution in [-0.4, -0.2) is 0 Å². The van der Waals surface area contributed by atoms with Gasteiger partial charge in [-0.3, -0.25) is 0 Å². The summed E-state index contributed by atoms with van der Waals surface area (Å²) in [6, 6.07) is 8.19. The Balaban J connectivity index is 2.29. The minimum atomic E-state index is 1.06. The van der Waals surface area contributed by atoms with E-state index in [1.165, 1.54) is 21.5 Å². The van der Waals surface area contributed by atoms with Crippen molar-refractivity contribution in [3.05, 3.63) is 29.6 Å². The zero-order chi connectivity index (χ0) is 9.10. The summed E-state index contributed by atoms with van der Waals surface area (Å²) in [7, 11) is 0. The first kappa shape index (κ1) is 8.82. The van der Waals surface area contributed by atoms with Crippen molar-refractivity contribution in [3.8, 4) is 15.2 Å². The minimum Gasteiger partial charge on any atom is -0.185 e. The minimum absolute atomic E-state index is 1.06. The number of thioether (sulfide) groups is 1. The molecule has 0 aliphatic rings. The van der Waals surface area contributed by atoms with Crippen LogP contribution in [0.25, 0.3) is 9.75 Å². The van der Waals surface area contributed by atoms with Crippen LogP contribution in [0.4, 0.5) is 0 Å². The quantitative estimate of drug-likeness (QED) is 0.566. The lowest BCUT2D eigenvalue weighted by Crippen LogP contribution is -1.55. The van der Waals surface area contributed by atoms with E-state index in [-0.39, 0.29) is 0 Å². The molecule has 2 aromatic rings. The molecule has 0 N–H and O–H groups in total. The van der Waals surface area contributed by atoms with Crippen molar-refractivity contribution < 1.29 is 0 Å². The third-order valence-electron chi connectivity index (χ3n) is 1.49. The van der Waals surface area contributed by atoms with Gasteiger partial charge in [-0.15, -0.1) is 22.7 Å². The van der Waals surface area contributed by atoms with Crippen LogP contribution in [0.15, 0.2) is 33.9 Å². The molecule has 0 amide bonds. The van der Waals surface area contributed by atoms with E-state index in [9.17, 15) is 0 Å². The average molecular weight is 223 g/mol. The lowest BCUT2D eigenvalue weighted by Gasteiger charge is -1.86. The molecule has 0 aromatic carbocycles. The lowest BCUT2D eigenvalue weighted by molar-refractivity contribution is 1.56. The molecule has 0 bridgehead atoms. The van der Waals surface area contributed by atoms with Crippen LogP contribution in [0.1, 0.15) is 0 Å². The first-order valence-electron chi connectivity index (χ1n) is 3.60. The predicted molar refractivity (Wildman–Crippen MR) is 59.1 cm³/mol. The summed E-state index contributed by atoms with van der Waals surface area (Å²) in [4.78, 5) is 2.52. The van der Waals surface area contributed by atoms with Crippen molar-refractivity contribution in [1.29, 1.82) is 5.26 Å².